The summed E-state index contributed by atoms with van der Waals surface area (Å²) in [5.41, 5.74) is 3.35. The highest BCUT2D eigenvalue weighted by atomic mass is 16.5. The van der Waals surface area contributed by atoms with Crippen LogP contribution in [0.25, 0.3) is 11.4 Å². The molecule has 188 valence electrons. The standard InChI is InChI=1S/C28H27N5O4/c1-17-24(27(34)30-22-13-5-6-14-23(22)37-4)25(18-9-7-11-20(15-18)35-2)33-28(29-17)31-26(32-33)19-10-8-12-21(16-19)36-3/h5-16,25H,1-4H3,(H,30,34)(H,29,31,32). The summed E-state index contributed by atoms with van der Waals surface area (Å²) >= 11 is 0. The van der Waals surface area contributed by atoms with Gasteiger partial charge in [-0.15, -0.1) is 5.10 Å². The van der Waals surface area contributed by atoms with Crippen molar-refractivity contribution in [1.29, 1.82) is 0 Å². The average Bonchev–Trinajstić information content (AvgIpc) is 3.36. The van der Waals surface area contributed by atoms with E-state index in [9.17, 15) is 4.79 Å². The van der Waals surface area contributed by atoms with E-state index in [-0.39, 0.29) is 5.91 Å². The number of nitrogens with one attached hydrogen (secondary N) is 2. The number of carbonyl (C=O) groups excluding carboxylic acids is 1. The van der Waals surface area contributed by atoms with Gasteiger partial charge in [-0.05, 0) is 48.9 Å². The quantitative estimate of drug-likeness (QED) is 0.375. The normalized spacial score (nSPS) is 14.4. The minimum absolute atomic E-state index is 0.286. The van der Waals surface area contributed by atoms with Gasteiger partial charge in [0.15, 0.2) is 5.82 Å². The Bertz CT molecular complexity index is 1490. The molecule has 5 rings (SSSR count). The van der Waals surface area contributed by atoms with E-state index in [1.807, 2.05) is 67.6 Å². The van der Waals surface area contributed by atoms with Crippen molar-refractivity contribution < 1.29 is 19.0 Å². The van der Waals surface area contributed by atoms with Gasteiger partial charge in [0.2, 0.25) is 5.95 Å². The van der Waals surface area contributed by atoms with Crippen molar-refractivity contribution in [1.82, 2.24) is 14.8 Å². The number of fused-ring (bicyclic) bond motifs is 1. The monoisotopic (exact) mass is 497 g/mol. The van der Waals surface area contributed by atoms with Crippen LogP contribution in [0.3, 0.4) is 0 Å². The molecule has 0 spiro atoms. The maximum atomic E-state index is 13.8. The van der Waals surface area contributed by atoms with Crippen molar-refractivity contribution in [3.63, 3.8) is 0 Å². The Hall–Kier alpha value is -4.79. The van der Waals surface area contributed by atoms with Gasteiger partial charge in [-0.3, -0.25) is 4.79 Å². The van der Waals surface area contributed by atoms with Crippen LogP contribution in [0, 0.1) is 0 Å². The Morgan fingerprint density at radius 2 is 1.65 bits per heavy atom. The highest BCUT2D eigenvalue weighted by Crippen LogP contribution is 2.38. The van der Waals surface area contributed by atoms with Gasteiger partial charge in [0.1, 0.15) is 23.3 Å². The van der Waals surface area contributed by atoms with Crippen LogP contribution in [0.15, 0.2) is 84.1 Å². The minimum atomic E-state index is -0.562. The fourth-order valence-electron chi connectivity index (χ4n) is 4.39. The summed E-state index contributed by atoms with van der Waals surface area (Å²) in [5, 5.41) is 11.1. The molecular formula is C28H27N5O4. The zero-order chi connectivity index (χ0) is 25.9. The van der Waals surface area contributed by atoms with Gasteiger partial charge >= 0.3 is 0 Å². The first-order chi connectivity index (χ1) is 18.0. The molecule has 2 N–H and O–H groups in total. The second-order valence-corrected chi connectivity index (χ2v) is 8.43. The third-order valence-corrected chi connectivity index (χ3v) is 6.19. The lowest BCUT2D eigenvalue weighted by atomic mass is 9.95. The lowest BCUT2D eigenvalue weighted by Crippen LogP contribution is -2.31. The number of hydrogen-bond acceptors (Lipinski definition) is 7. The lowest BCUT2D eigenvalue weighted by Gasteiger charge is -2.29. The third-order valence-electron chi connectivity index (χ3n) is 6.19. The Kier molecular flexibility index (Phi) is 6.51. The van der Waals surface area contributed by atoms with E-state index in [0.717, 1.165) is 11.1 Å². The van der Waals surface area contributed by atoms with E-state index < -0.39 is 6.04 Å². The van der Waals surface area contributed by atoms with Gasteiger partial charge in [0.05, 0.1) is 32.6 Å². The van der Waals surface area contributed by atoms with Crippen LogP contribution >= 0.6 is 0 Å². The van der Waals surface area contributed by atoms with Crippen molar-refractivity contribution in [3.05, 3.63) is 89.6 Å². The number of carbonyl (C=O) groups is 1. The Morgan fingerprint density at radius 3 is 2.41 bits per heavy atom. The molecule has 37 heavy (non-hydrogen) atoms. The fraction of sp³-hybridized carbons (Fsp3) is 0.179. The summed E-state index contributed by atoms with van der Waals surface area (Å²) in [6, 6.07) is 21.9. The molecule has 0 radical (unpaired) electrons. The molecular weight excluding hydrogens is 470 g/mol. The molecule has 1 unspecified atom stereocenters. The van der Waals surface area contributed by atoms with Crippen molar-refractivity contribution in [2.75, 3.05) is 32.0 Å². The van der Waals surface area contributed by atoms with E-state index in [1.54, 1.807) is 38.1 Å². The molecule has 1 aliphatic heterocycles. The molecule has 0 saturated heterocycles. The van der Waals surface area contributed by atoms with Crippen LogP contribution in [0.4, 0.5) is 11.6 Å². The number of nitrogens with zero attached hydrogens (tertiary/aromatic N) is 3. The third kappa shape index (κ3) is 4.58. The highest BCUT2D eigenvalue weighted by molar-refractivity contribution is 6.06. The second-order valence-electron chi connectivity index (χ2n) is 8.43. The van der Waals surface area contributed by atoms with Gasteiger partial charge in [0.25, 0.3) is 5.91 Å². The molecule has 1 aliphatic rings. The highest BCUT2D eigenvalue weighted by Gasteiger charge is 2.35. The first-order valence-electron chi connectivity index (χ1n) is 11.7. The number of ether oxygens (including phenoxy) is 3. The Morgan fingerprint density at radius 1 is 0.919 bits per heavy atom. The number of hydrogen-bond donors (Lipinski definition) is 2. The van der Waals surface area contributed by atoms with Gasteiger partial charge in [0, 0.05) is 11.3 Å². The first kappa shape index (κ1) is 23.9. The maximum absolute atomic E-state index is 13.8. The summed E-state index contributed by atoms with van der Waals surface area (Å²) in [6.45, 7) is 1.85. The zero-order valence-corrected chi connectivity index (χ0v) is 21.0. The number of para-hydroxylation sites is 2. The van der Waals surface area contributed by atoms with Crippen LogP contribution in [0.5, 0.6) is 17.2 Å². The number of aromatic nitrogens is 3. The molecule has 3 aromatic carbocycles. The van der Waals surface area contributed by atoms with Gasteiger partial charge < -0.3 is 24.8 Å². The average molecular weight is 498 g/mol. The second kappa shape index (κ2) is 10.1. The van der Waals surface area contributed by atoms with Crippen molar-refractivity contribution >= 4 is 17.5 Å². The molecule has 1 amide bonds. The van der Waals surface area contributed by atoms with Gasteiger partial charge in [-0.1, -0.05) is 36.4 Å². The first-order valence-corrected chi connectivity index (χ1v) is 11.7. The molecule has 1 atom stereocenters. The van der Waals surface area contributed by atoms with Gasteiger partial charge in [-0.25, -0.2) is 4.68 Å². The van der Waals surface area contributed by atoms with Gasteiger partial charge in [-0.2, -0.15) is 4.98 Å². The van der Waals surface area contributed by atoms with E-state index in [4.69, 9.17) is 24.3 Å². The number of methoxy groups -OCH3 is 3. The summed E-state index contributed by atoms with van der Waals surface area (Å²) in [7, 11) is 4.79. The molecule has 9 heteroatoms. The molecule has 0 saturated carbocycles. The number of anilines is 2. The van der Waals surface area contributed by atoms with Crippen LogP contribution in [-0.4, -0.2) is 42.0 Å². The molecule has 4 aromatic rings. The maximum Gasteiger partial charge on any atom is 0.255 e. The van der Waals surface area contributed by atoms with Crippen molar-refractivity contribution in [2.45, 2.75) is 13.0 Å². The smallest absolute Gasteiger partial charge is 0.255 e. The van der Waals surface area contributed by atoms with Crippen molar-refractivity contribution in [2.24, 2.45) is 0 Å². The summed E-state index contributed by atoms with van der Waals surface area (Å²) < 4.78 is 18.0. The van der Waals surface area contributed by atoms with E-state index in [1.165, 1.54) is 0 Å². The molecule has 2 heterocycles. The van der Waals surface area contributed by atoms with Crippen molar-refractivity contribution in [3.8, 4) is 28.6 Å². The Labute approximate surface area is 214 Å². The van der Waals surface area contributed by atoms with E-state index in [0.29, 0.717) is 46.0 Å². The number of amides is 1. The van der Waals surface area contributed by atoms with Crippen LogP contribution < -0.4 is 24.8 Å². The minimum Gasteiger partial charge on any atom is -0.497 e. The largest absolute Gasteiger partial charge is 0.497 e. The number of benzene rings is 3. The summed E-state index contributed by atoms with van der Waals surface area (Å²) in [6.07, 6.45) is 0. The van der Waals surface area contributed by atoms with E-state index in [2.05, 4.69) is 10.6 Å². The summed E-state index contributed by atoms with van der Waals surface area (Å²) in [5.74, 6) is 2.69. The topological polar surface area (TPSA) is 99.5 Å². The summed E-state index contributed by atoms with van der Waals surface area (Å²) in [4.78, 5) is 18.5. The SMILES string of the molecule is COc1cccc(-c2nc3n(n2)C(c2cccc(OC)c2)C(C(=O)Nc2ccccc2OC)=C(C)N3)c1. The molecule has 1 aromatic heterocycles. The fourth-order valence-corrected chi connectivity index (χ4v) is 4.39. The molecule has 0 fully saturated rings. The molecule has 9 nitrogen and oxygen atoms in total. The molecule has 0 aliphatic carbocycles. The van der Waals surface area contributed by atoms with E-state index >= 15 is 0 Å². The predicted octanol–water partition coefficient (Wildman–Crippen LogP) is 4.90. The predicted molar refractivity (Wildman–Crippen MR) is 141 cm³/mol. The van der Waals surface area contributed by atoms with Crippen LogP contribution in [-0.2, 0) is 4.79 Å². The number of rotatable bonds is 7. The van der Waals surface area contributed by atoms with Crippen LogP contribution in [0.1, 0.15) is 18.5 Å². The molecule has 0 bridgehead atoms. The van der Waals surface area contributed by atoms with Crippen LogP contribution in [0.2, 0.25) is 0 Å². The lowest BCUT2D eigenvalue weighted by molar-refractivity contribution is -0.113. The number of allylic oxidation sites excluding steroid dienone is 1. The Balaban J connectivity index is 1.61. The zero-order valence-electron chi connectivity index (χ0n) is 21.0.